The number of aryl methyl sites for hydroxylation is 1. The first-order chi connectivity index (χ1) is 14.1. The lowest BCUT2D eigenvalue weighted by Gasteiger charge is -2.35. The highest BCUT2D eigenvalue weighted by molar-refractivity contribution is 6.04. The van der Waals surface area contributed by atoms with Crippen molar-refractivity contribution in [1.82, 2.24) is 4.90 Å². The number of piperazine rings is 1. The molecule has 1 fully saturated rings. The van der Waals surface area contributed by atoms with E-state index in [9.17, 15) is 4.79 Å². The predicted molar refractivity (Wildman–Crippen MR) is 120 cm³/mol. The van der Waals surface area contributed by atoms with Crippen LogP contribution in [0.25, 0.3) is 0 Å². The number of rotatable bonds is 8. The summed E-state index contributed by atoms with van der Waals surface area (Å²) in [6.45, 7) is 12.5. The van der Waals surface area contributed by atoms with Gasteiger partial charge in [-0.25, -0.2) is 0 Å². The number of hydrogen-bond acceptors (Lipinski definition) is 4. The minimum atomic E-state index is -0.0995. The molecule has 0 spiro atoms. The van der Waals surface area contributed by atoms with Crippen LogP contribution < -0.4 is 15.0 Å². The fraction of sp³-hybridized carbons (Fsp3) is 0.458. The fourth-order valence-corrected chi connectivity index (χ4v) is 3.54. The summed E-state index contributed by atoms with van der Waals surface area (Å²) in [4.78, 5) is 17.5. The van der Waals surface area contributed by atoms with E-state index in [1.54, 1.807) is 0 Å². The Morgan fingerprint density at radius 2 is 1.76 bits per heavy atom. The van der Waals surface area contributed by atoms with E-state index in [2.05, 4.69) is 41.1 Å². The topological polar surface area (TPSA) is 44.8 Å². The van der Waals surface area contributed by atoms with E-state index in [1.807, 2.05) is 37.3 Å². The summed E-state index contributed by atoms with van der Waals surface area (Å²) >= 11 is 0. The molecule has 1 N–H and O–H groups in total. The van der Waals surface area contributed by atoms with Crippen molar-refractivity contribution in [3.05, 3.63) is 53.6 Å². The Bertz CT molecular complexity index is 796. The lowest BCUT2D eigenvalue weighted by atomic mass is 10.1. The highest BCUT2D eigenvalue weighted by Gasteiger charge is 2.17. The second-order valence-electron chi connectivity index (χ2n) is 7.60. The van der Waals surface area contributed by atoms with Crippen molar-refractivity contribution in [3.63, 3.8) is 0 Å². The molecule has 1 amide bonds. The number of anilines is 2. The second kappa shape index (κ2) is 10.3. The van der Waals surface area contributed by atoms with Crippen LogP contribution in [0, 0.1) is 6.92 Å². The molecule has 5 heteroatoms. The molecule has 0 aromatic heterocycles. The summed E-state index contributed by atoms with van der Waals surface area (Å²) in [5.41, 5.74) is 3.79. The van der Waals surface area contributed by atoms with Gasteiger partial charge in [-0.1, -0.05) is 20.3 Å². The first-order valence-corrected chi connectivity index (χ1v) is 10.7. The summed E-state index contributed by atoms with van der Waals surface area (Å²) in [6.07, 6.45) is 2.14. The van der Waals surface area contributed by atoms with E-state index in [1.165, 1.54) is 5.69 Å². The molecule has 156 valence electrons. The third kappa shape index (κ3) is 5.73. The van der Waals surface area contributed by atoms with Crippen LogP contribution in [0.2, 0.25) is 0 Å². The van der Waals surface area contributed by atoms with E-state index < -0.39 is 0 Å². The highest BCUT2D eigenvalue weighted by atomic mass is 16.5. The molecule has 2 aromatic carbocycles. The Morgan fingerprint density at radius 1 is 1.03 bits per heavy atom. The summed E-state index contributed by atoms with van der Waals surface area (Å²) in [7, 11) is 0. The van der Waals surface area contributed by atoms with E-state index in [-0.39, 0.29) is 5.91 Å². The van der Waals surface area contributed by atoms with E-state index in [0.717, 1.165) is 62.6 Å². The molecular formula is C24H33N3O2. The van der Waals surface area contributed by atoms with Gasteiger partial charge >= 0.3 is 0 Å². The van der Waals surface area contributed by atoms with Gasteiger partial charge in [-0.15, -0.1) is 0 Å². The van der Waals surface area contributed by atoms with Crippen molar-refractivity contribution >= 4 is 17.3 Å². The van der Waals surface area contributed by atoms with Crippen LogP contribution >= 0.6 is 0 Å². The molecule has 1 saturated heterocycles. The van der Waals surface area contributed by atoms with Crippen LogP contribution in [0.1, 0.15) is 42.6 Å². The summed E-state index contributed by atoms with van der Waals surface area (Å²) in [6, 6.07) is 13.6. The summed E-state index contributed by atoms with van der Waals surface area (Å²) < 4.78 is 5.66. The Balaban J connectivity index is 1.59. The predicted octanol–water partition coefficient (Wildman–Crippen LogP) is 4.57. The molecule has 0 aliphatic carbocycles. The molecule has 2 aromatic rings. The zero-order chi connectivity index (χ0) is 20.6. The lowest BCUT2D eigenvalue weighted by molar-refractivity contribution is 0.102. The Labute approximate surface area is 174 Å². The third-order valence-corrected chi connectivity index (χ3v) is 5.53. The van der Waals surface area contributed by atoms with Gasteiger partial charge in [0.1, 0.15) is 5.75 Å². The van der Waals surface area contributed by atoms with Gasteiger partial charge in [-0.05, 0) is 67.9 Å². The quantitative estimate of drug-likeness (QED) is 0.665. The van der Waals surface area contributed by atoms with Crippen molar-refractivity contribution in [2.75, 3.05) is 49.5 Å². The zero-order valence-electron chi connectivity index (χ0n) is 17.9. The fourth-order valence-electron chi connectivity index (χ4n) is 3.54. The van der Waals surface area contributed by atoms with Crippen LogP contribution in [-0.4, -0.2) is 50.1 Å². The van der Waals surface area contributed by atoms with Gasteiger partial charge in [0.25, 0.3) is 5.91 Å². The van der Waals surface area contributed by atoms with Crippen molar-refractivity contribution in [2.45, 2.75) is 33.6 Å². The normalized spacial score (nSPS) is 14.7. The monoisotopic (exact) mass is 395 g/mol. The van der Waals surface area contributed by atoms with Gasteiger partial charge in [0.05, 0.1) is 6.61 Å². The number of carbonyl (C=O) groups is 1. The van der Waals surface area contributed by atoms with Gasteiger partial charge in [-0.2, -0.15) is 0 Å². The van der Waals surface area contributed by atoms with Crippen LogP contribution in [0.3, 0.4) is 0 Å². The van der Waals surface area contributed by atoms with Gasteiger partial charge < -0.3 is 19.9 Å². The maximum Gasteiger partial charge on any atom is 0.255 e. The third-order valence-electron chi connectivity index (χ3n) is 5.53. The largest absolute Gasteiger partial charge is 0.494 e. The lowest BCUT2D eigenvalue weighted by Crippen LogP contribution is -2.46. The summed E-state index contributed by atoms with van der Waals surface area (Å²) in [5.74, 6) is 0.705. The maximum atomic E-state index is 12.6. The van der Waals surface area contributed by atoms with Gasteiger partial charge in [-0.3, -0.25) is 4.79 Å². The van der Waals surface area contributed by atoms with Crippen LogP contribution in [-0.2, 0) is 0 Å². The van der Waals surface area contributed by atoms with E-state index >= 15 is 0 Å². The Hall–Kier alpha value is -2.53. The molecule has 1 heterocycles. The van der Waals surface area contributed by atoms with E-state index in [4.69, 9.17) is 4.74 Å². The molecule has 1 aliphatic rings. The number of unbranched alkanes of at least 4 members (excludes halogenated alkanes) is 1. The Morgan fingerprint density at radius 3 is 2.38 bits per heavy atom. The number of nitrogens with one attached hydrogen (secondary N) is 1. The van der Waals surface area contributed by atoms with Crippen molar-refractivity contribution in [3.8, 4) is 5.75 Å². The average Bonchev–Trinajstić information content (AvgIpc) is 2.76. The Kier molecular flexibility index (Phi) is 7.53. The van der Waals surface area contributed by atoms with Crippen LogP contribution in [0.15, 0.2) is 42.5 Å². The second-order valence-corrected chi connectivity index (χ2v) is 7.60. The van der Waals surface area contributed by atoms with Gasteiger partial charge in [0.2, 0.25) is 0 Å². The molecule has 0 bridgehead atoms. The van der Waals surface area contributed by atoms with Crippen LogP contribution in [0.4, 0.5) is 11.4 Å². The van der Waals surface area contributed by atoms with Crippen molar-refractivity contribution in [1.29, 1.82) is 0 Å². The molecular weight excluding hydrogens is 362 g/mol. The zero-order valence-corrected chi connectivity index (χ0v) is 17.9. The van der Waals surface area contributed by atoms with Gasteiger partial charge in [0, 0.05) is 43.1 Å². The number of ether oxygens (including phenoxy) is 1. The van der Waals surface area contributed by atoms with E-state index in [0.29, 0.717) is 12.2 Å². The van der Waals surface area contributed by atoms with Crippen molar-refractivity contribution in [2.24, 2.45) is 0 Å². The number of amides is 1. The number of likely N-dealkylation sites (N-methyl/N-ethyl adjacent to an activating group) is 1. The average molecular weight is 396 g/mol. The standard InChI is InChI=1S/C24H33N3O2/c1-4-6-17-29-22-10-7-20(8-11-22)24(28)25-23-12-9-21(18-19(23)3)27-15-13-26(5-2)14-16-27/h7-12,18H,4-6,13-17H2,1-3H3,(H,25,28). The SMILES string of the molecule is CCCCOc1ccc(C(=O)Nc2ccc(N3CCN(CC)CC3)cc2C)cc1. The van der Waals surface area contributed by atoms with Crippen molar-refractivity contribution < 1.29 is 9.53 Å². The minimum Gasteiger partial charge on any atom is -0.494 e. The number of nitrogens with zero attached hydrogens (tertiary/aromatic N) is 2. The van der Waals surface area contributed by atoms with Gasteiger partial charge in [0.15, 0.2) is 0 Å². The first-order valence-electron chi connectivity index (χ1n) is 10.7. The summed E-state index contributed by atoms with van der Waals surface area (Å²) in [5, 5.41) is 3.04. The molecule has 5 nitrogen and oxygen atoms in total. The molecule has 0 saturated carbocycles. The molecule has 0 radical (unpaired) electrons. The molecule has 1 aliphatic heterocycles. The smallest absolute Gasteiger partial charge is 0.255 e. The highest BCUT2D eigenvalue weighted by Crippen LogP contribution is 2.24. The number of benzene rings is 2. The molecule has 0 atom stereocenters. The first kappa shape index (κ1) is 21.2. The van der Waals surface area contributed by atoms with Crippen LogP contribution in [0.5, 0.6) is 5.75 Å². The molecule has 29 heavy (non-hydrogen) atoms. The minimum absolute atomic E-state index is 0.0995. The number of carbonyl (C=O) groups excluding carboxylic acids is 1. The maximum absolute atomic E-state index is 12.6. The molecule has 3 rings (SSSR count). The number of hydrogen-bond donors (Lipinski definition) is 1. The molecule has 0 unspecified atom stereocenters.